The van der Waals surface area contributed by atoms with Crippen molar-refractivity contribution in [3.63, 3.8) is 0 Å². The van der Waals surface area contributed by atoms with Crippen molar-refractivity contribution in [2.75, 3.05) is 10.7 Å². The number of rotatable bonds is 3. The smallest absolute Gasteiger partial charge is 0.269 e. The van der Waals surface area contributed by atoms with Crippen LogP contribution in [0.15, 0.2) is 54.6 Å². The minimum atomic E-state index is -0.458. The normalized spacial score (nSPS) is 9.15. The Bertz CT molecular complexity index is 533. The molecule has 0 spiro atoms. The number of nitrogens with zero attached hydrogens (tertiary/aromatic N) is 2. The zero-order chi connectivity index (χ0) is 15.0. The molecule has 0 aliphatic carbocycles. The Morgan fingerprint density at radius 2 is 1.65 bits per heavy atom. The quantitative estimate of drug-likeness (QED) is 0.343. The number of nitrogen functional groups attached to an aromatic ring is 1. The molecule has 0 bridgehead atoms. The molecule has 0 aliphatic heterocycles. The molecule has 0 aliphatic rings. The molecule has 0 amide bonds. The monoisotopic (exact) mass is 279 g/mol. The van der Waals surface area contributed by atoms with E-state index in [-0.39, 0.29) is 10.9 Å². The van der Waals surface area contributed by atoms with Gasteiger partial charge in [0.1, 0.15) is 0 Å². The van der Waals surface area contributed by atoms with Crippen molar-refractivity contribution >= 4 is 17.1 Å². The Kier molecular flexibility index (Phi) is 5.88. The summed E-state index contributed by atoms with van der Waals surface area (Å²) in [6.45, 7) is 0. The average molecular weight is 279 g/mol. The zero-order valence-electron chi connectivity index (χ0n) is 10.4. The largest absolute Gasteiger partial charge is 0.324 e. The first kappa shape index (κ1) is 15.3. The third-order valence-electron chi connectivity index (χ3n) is 2.25. The van der Waals surface area contributed by atoms with Crippen LogP contribution < -0.4 is 22.3 Å². The van der Waals surface area contributed by atoms with Crippen LogP contribution in [0.1, 0.15) is 0 Å². The van der Waals surface area contributed by atoms with Gasteiger partial charge in [-0.25, -0.2) is 5.84 Å². The summed E-state index contributed by atoms with van der Waals surface area (Å²) in [4.78, 5) is 9.70. The molecule has 106 valence electrons. The van der Waals surface area contributed by atoms with E-state index in [0.717, 1.165) is 0 Å². The fourth-order valence-corrected chi connectivity index (χ4v) is 1.25. The van der Waals surface area contributed by atoms with E-state index in [1.165, 1.54) is 24.3 Å². The fraction of sp³-hybridized carbons (Fsp3) is 0. The maximum atomic E-state index is 12.0. The second kappa shape index (κ2) is 7.67. The van der Waals surface area contributed by atoms with Crippen molar-refractivity contribution in [1.29, 1.82) is 0 Å². The lowest BCUT2D eigenvalue weighted by Crippen LogP contribution is -2.19. The molecule has 7 nitrogen and oxygen atoms in total. The SMILES string of the molecule is NN(F)c1ccccc1.NNc1ccc([N+](=O)[O-])cc1. The Balaban J connectivity index is 0.000000204. The van der Waals surface area contributed by atoms with Crippen molar-refractivity contribution in [2.45, 2.75) is 0 Å². The van der Waals surface area contributed by atoms with E-state index in [9.17, 15) is 14.6 Å². The number of nitrogens with two attached hydrogens (primary N) is 2. The van der Waals surface area contributed by atoms with E-state index in [0.29, 0.717) is 11.4 Å². The minimum Gasteiger partial charge on any atom is -0.324 e. The summed E-state index contributed by atoms with van der Waals surface area (Å²) in [5.74, 6) is 9.84. The molecule has 2 aromatic carbocycles. The van der Waals surface area contributed by atoms with Crippen molar-refractivity contribution in [3.05, 3.63) is 64.7 Å². The van der Waals surface area contributed by atoms with Crippen LogP contribution in [-0.4, -0.2) is 4.92 Å². The molecule has 5 N–H and O–H groups in total. The number of benzene rings is 2. The van der Waals surface area contributed by atoms with E-state index in [1.54, 1.807) is 30.3 Å². The molecule has 0 heterocycles. The van der Waals surface area contributed by atoms with Crippen molar-refractivity contribution in [3.8, 4) is 0 Å². The molecule has 0 aromatic heterocycles. The van der Waals surface area contributed by atoms with E-state index in [1.807, 2.05) is 0 Å². The van der Waals surface area contributed by atoms with Gasteiger partial charge in [0, 0.05) is 17.8 Å². The lowest BCUT2D eigenvalue weighted by atomic mass is 10.3. The van der Waals surface area contributed by atoms with Crippen LogP contribution >= 0.6 is 0 Å². The highest BCUT2D eigenvalue weighted by Gasteiger charge is 2.01. The van der Waals surface area contributed by atoms with Gasteiger partial charge in [-0.2, -0.15) is 0 Å². The molecule has 0 saturated carbocycles. The van der Waals surface area contributed by atoms with E-state index in [2.05, 4.69) is 5.43 Å². The molecule has 2 aromatic rings. The number of anilines is 2. The molecular formula is C12H14FN5O2. The van der Waals surface area contributed by atoms with Crippen molar-refractivity contribution in [1.82, 2.24) is 0 Å². The Hall–Kier alpha value is -2.71. The summed E-state index contributed by atoms with van der Waals surface area (Å²) in [6.07, 6.45) is 0. The average Bonchev–Trinajstić information content (AvgIpc) is 2.49. The first-order chi connectivity index (χ1) is 9.54. The summed E-state index contributed by atoms with van der Waals surface area (Å²) in [5.41, 5.74) is 3.44. The van der Waals surface area contributed by atoms with Crippen LogP contribution in [0.3, 0.4) is 0 Å². The lowest BCUT2D eigenvalue weighted by Gasteiger charge is -2.03. The Morgan fingerprint density at radius 3 is 2.00 bits per heavy atom. The number of hydrazine groups is 2. The summed E-state index contributed by atoms with van der Waals surface area (Å²) in [7, 11) is 0. The van der Waals surface area contributed by atoms with Gasteiger partial charge in [0.25, 0.3) is 5.69 Å². The summed E-state index contributed by atoms with van der Waals surface area (Å²) >= 11 is 0. The van der Waals surface area contributed by atoms with E-state index >= 15 is 0 Å². The predicted octanol–water partition coefficient (Wildman–Crippen LogP) is 2.13. The molecule has 0 atom stereocenters. The molecule has 0 saturated heterocycles. The maximum Gasteiger partial charge on any atom is 0.269 e. The van der Waals surface area contributed by atoms with Gasteiger partial charge in [-0.1, -0.05) is 22.7 Å². The molecule has 8 heteroatoms. The van der Waals surface area contributed by atoms with Gasteiger partial charge in [0.2, 0.25) is 0 Å². The van der Waals surface area contributed by atoms with E-state index in [4.69, 9.17) is 11.7 Å². The number of para-hydroxylation sites is 1. The first-order valence-electron chi connectivity index (χ1n) is 5.51. The van der Waals surface area contributed by atoms with Gasteiger partial charge >= 0.3 is 0 Å². The highest BCUT2D eigenvalue weighted by molar-refractivity contribution is 5.47. The summed E-state index contributed by atoms with van der Waals surface area (Å²) in [6, 6.07) is 14.2. The van der Waals surface area contributed by atoms with Crippen LogP contribution in [0, 0.1) is 10.1 Å². The molecule has 0 unspecified atom stereocenters. The first-order valence-corrected chi connectivity index (χ1v) is 5.51. The van der Waals surface area contributed by atoms with Gasteiger partial charge in [0.05, 0.1) is 10.6 Å². The number of nitro benzene ring substituents is 1. The summed E-state index contributed by atoms with van der Waals surface area (Å²) < 4.78 is 12.0. The number of hydrogen-bond acceptors (Lipinski definition) is 6. The van der Waals surface area contributed by atoms with Crippen LogP contribution in [0.5, 0.6) is 0 Å². The van der Waals surface area contributed by atoms with Crippen LogP contribution in [0.4, 0.5) is 21.5 Å². The van der Waals surface area contributed by atoms with Gasteiger partial charge in [-0.05, 0) is 24.3 Å². The molecule has 20 heavy (non-hydrogen) atoms. The number of nitrogens with one attached hydrogen (secondary N) is 1. The van der Waals surface area contributed by atoms with Crippen LogP contribution in [0.2, 0.25) is 0 Å². The highest BCUT2D eigenvalue weighted by atomic mass is 19.2. The topological polar surface area (TPSA) is 110 Å². The zero-order valence-corrected chi connectivity index (χ0v) is 10.4. The van der Waals surface area contributed by atoms with Crippen molar-refractivity contribution < 1.29 is 9.40 Å². The Labute approximate surface area is 114 Å². The van der Waals surface area contributed by atoms with Gasteiger partial charge in [-0.3, -0.25) is 16.0 Å². The standard InChI is InChI=1S/C6H7FN2.C6H7N3O2/c7-9(8)6-4-2-1-3-5-6;7-8-5-1-3-6(4-2-5)9(10)11/h1-5H,8H2;1-4,8H,7H2. The molecule has 2 rings (SSSR count). The number of nitro groups is 1. The fourth-order valence-electron chi connectivity index (χ4n) is 1.25. The van der Waals surface area contributed by atoms with Gasteiger partial charge in [-0.15, -0.1) is 5.23 Å². The maximum absolute atomic E-state index is 12.0. The van der Waals surface area contributed by atoms with Gasteiger partial charge in [0.15, 0.2) is 0 Å². The summed E-state index contributed by atoms with van der Waals surface area (Å²) in [5, 5.41) is 10.2. The molecular weight excluding hydrogens is 265 g/mol. The van der Waals surface area contributed by atoms with Crippen molar-refractivity contribution in [2.24, 2.45) is 11.7 Å². The molecule has 0 fully saturated rings. The van der Waals surface area contributed by atoms with Gasteiger partial charge < -0.3 is 5.43 Å². The molecule has 0 radical (unpaired) electrons. The van der Waals surface area contributed by atoms with Crippen LogP contribution in [-0.2, 0) is 0 Å². The Morgan fingerprint density at radius 1 is 1.10 bits per heavy atom. The minimum absolute atomic E-state index is 0.0593. The van der Waals surface area contributed by atoms with E-state index < -0.39 is 4.92 Å². The third kappa shape index (κ3) is 4.88. The lowest BCUT2D eigenvalue weighted by molar-refractivity contribution is -0.384. The number of non-ortho nitro benzene ring substituents is 1. The van der Waals surface area contributed by atoms with Crippen LogP contribution in [0.25, 0.3) is 0 Å². The number of halogens is 1. The number of hydrogen-bond donors (Lipinski definition) is 3. The predicted molar refractivity (Wildman–Crippen MR) is 75.1 cm³/mol. The third-order valence-corrected chi connectivity index (χ3v) is 2.25. The second-order valence-electron chi connectivity index (χ2n) is 3.60. The highest BCUT2D eigenvalue weighted by Crippen LogP contribution is 2.13. The second-order valence-corrected chi connectivity index (χ2v) is 3.60.